The summed E-state index contributed by atoms with van der Waals surface area (Å²) in [5, 5.41) is 3.69. The molecule has 2 rings (SSSR count). The second kappa shape index (κ2) is 5.79. The molecule has 8 heteroatoms. The quantitative estimate of drug-likeness (QED) is 0.628. The van der Waals surface area contributed by atoms with E-state index in [9.17, 15) is 8.42 Å². The largest absolute Gasteiger partial charge is 0.399 e. The van der Waals surface area contributed by atoms with E-state index in [4.69, 9.17) is 10.3 Å². The first-order chi connectivity index (χ1) is 8.40. The van der Waals surface area contributed by atoms with E-state index < -0.39 is 10.0 Å². The van der Waals surface area contributed by atoms with Crippen LogP contribution < -0.4 is 10.5 Å². The molecule has 19 heavy (non-hydrogen) atoms. The van der Waals surface area contributed by atoms with Gasteiger partial charge in [-0.1, -0.05) is 5.16 Å². The van der Waals surface area contributed by atoms with Gasteiger partial charge in [0.25, 0.3) is 10.0 Å². The van der Waals surface area contributed by atoms with Crippen LogP contribution in [-0.4, -0.2) is 13.6 Å². The van der Waals surface area contributed by atoms with Crippen LogP contribution in [0.1, 0.15) is 11.3 Å². The first kappa shape index (κ1) is 15.8. The van der Waals surface area contributed by atoms with Crippen molar-refractivity contribution in [2.24, 2.45) is 0 Å². The maximum absolute atomic E-state index is 12.0. The average molecular weight is 375 g/mol. The van der Waals surface area contributed by atoms with Crippen molar-refractivity contribution in [1.82, 2.24) is 5.16 Å². The number of rotatable bonds is 3. The summed E-state index contributed by atoms with van der Waals surface area (Å²) >= 11 is 0. The number of nitrogen functional groups attached to an aromatic ring is 1. The van der Waals surface area contributed by atoms with Gasteiger partial charge in [-0.2, -0.15) is 0 Å². The number of benzene rings is 1. The van der Waals surface area contributed by atoms with Crippen LogP contribution in [0.4, 0.5) is 11.6 Å². The molecule has 1 aromatic carbocycles. The SMILES string of the molecule is Cc1noc(NS(=O)(=O)c2ccc(N)cc2)c1C.[Ag]. The zero-order valence-electron chi connectivity index (χ0n) is 10.3. The predicted octanol–water partition coefficient (Wildman–Crippen LogP) is 1.67. The summed E-state index contributed by atoms with van der Waals surface area (Å²) < 4.78 is 31.3. The molecule has 0 fully saturated rings. The second-order valence-electron chi connectivity index (χ2n) is 3.90. The van der Waals surface area contributed by atoms with Crippen molar-refractivity contribution in [2.75, 3.05) is 10.5 Å². The molecule has 0 aliphatic rings. The first-order valence-corrected chi connectivity index (χ1v) is 6.70. The van der Waals surface area contributed by atoms with Crippen molar-refractivity contribution in [3.63, 3.8) is 0 Å². The van der Waals surface area contributed by atoms with Crippen LogP contribution in [0.25, 0.3) is 0 Å². The number of anilines is 2. The Morgan fingerprint density at radius 3 is 2.26 bits per heavy atom. The molecule has 0 amide bonds. The van der Waals surface area contributed by atoms with Crippen molar-refractivity contribution in [2.45, 2.75) is 18.7 Å². The number of nitrogens with two attached hydrogens (primary N) is 1. The molecule has 3 N–H and O–H groups in total. The monoisotopic (exact) mass is 374 g/mol. The van der Waals surface area contributed by atoms with E-state index in [0.29, 0.717) is 16.9 Å². The zero-order valence-corrected chi connectivity index (χ0v) is 12.6. The van der Waals surface area contributed by atoms with Gasteiger partial charge in [-0.3, -0.25) is 0 Å². The van der Waals surface area contributed by atoms with Crippen molar-refractivity contribution in [3.8, 4) is 0 Å². The average Bonchev–Trinajstić information content (AvgIpc) is 2.61. The van der Waals surface area contributed by atoms with E-state index in [1.54, 1.807) is 13.8 Å². The third-order valence-corrected chi connectivity index (χ3v) is 3.92. The Balaban J connectivity index is 0.00000180. The first-order valence-electron chi connectivity index (χ1n) is 5.21. The number of aryl methyl sites for hydroxylation is 1. The molecule has 0 bridgehead atoms. The molecule has 1 aromatic heterocycles. The van der Waals surface area contributed by atoms with E-state index in [-0.39, 0.29) is 33.2 Å². The molecule has 1 radical (unpaired) electrons. The third kappa shape index (κ3) is 3.38. The predicted molar refractivity (Wildman–Crippen MR) is 67.6 cm³/mol. The molecule has 0 spiro atoms. The van der Waals surface area contributed by atoms with E-state index >= 15 is 0 Å². The minimum absolute atomic E-state index is 0. The summed E-state index contributed by atoms with van der Waals surface area (Å²) in [6.07, 6.45) is 0. The minimum Gasteiger partial charge on any atom is -0.399 e. The van der Waals surface area contributed by atoms with E-state index in [2.05, 4.69) is 9.88 Å². The van der Waals surface area contributed by atoms with Crippen LogP contribution in [0.3, 0.4) is 0 Å². The molecule has 0 atom stereocenters. The van der Waals surface area contributed by atoms with Crippen LogP contribution in [-0.2, 0) is 32.4 Å². The van der Waals surface area contributed by atoms with Gasteiger partial charge in [-0.15, -0.1) is 0 Å². The topological polar surface area (TPSA) is 98.2 Å². The molecule has 0 saturated heterocycles. The number of nitrogens with one attached hydrogen (secondary N) is 1. The maximum Gasteiger partial charge on any atom is 0.264 e. The third-order valence-electron chi connectivity index (χ3n) is 2.57. The molecule has 1 heterocycles. The molecule has 107 valence electrons. The Morgan fingerprint density at radius 1 is 1.21 bits per heavy atom. The molecule has 0 saturated carbocycles. The van der Waals surface area contributed by atoms with Gasteiger partial charge in [0.1, 0.15) is 0 Å². The van der Waals surface area contributed by atoms with Gasteiger partial charge in [-0.05, 0) is 38.1 Å². The number of aromatic nitrogens is 1. The second-order valence-corrected chi connectivity index (χ2v) is 5.58. The van der Waals surface area contributed by atoms with Crippen LogP contribution in [0, 0.1) is 13.8 Å². The van der Waals surface area contributed by atoms with Crippen molar-refractivity contribution in [1.29, 1.82) is 0 Å². The van der Waals surface area contributed by atoms with Crippen LogP contribution in [0.2, 0.25) is 0 Å². The fraction of sp³-hybridized carbons (Fsp3) is 0.182. The molecular weight excluding hydrogens is 362 g/mol. The van der Waals surface area contributed by atoms with Crippen molar-refractivity contribution < 1.29 is 35.3 Å². The Bertz CT molecular complexity index is 665. The van der Waals surface area contributed by atoms with Crippen LogP contribution >= 0.6 is 0 Å². The number of hydrogen-bond donors (Lipinski definition) is 2. The summed E-state index contributed by atoms with van der Waals surface area (Å²) in [5.74, 6) is 0.129. The molecular formula is C11H13AgN3O3S. The van der Waals surface area contributed by atoms with Gasteiger partial charge in [0.05, 0.1) is 10.6 Å². The van der Waals surface area contributed by atoms with Crippen LogP contribution in [0.5, 0.6) is 0 Å². The van der Waals surface area contributed by atoms with Gasteiger partial charge < -0.3 is 10.3 Å². The van der Waals surface area contributed by atoms with E-state index in [1.165, 1.54) is 24.3 Å². The molecule has 6 nitrogen and oxygen atoms in total. The molecule has 0 aliphatic carbocycles. The minimum atomic E-state index is -3.68. The van der Waals surface area contributed by atoms with Gasteiger partial charge in [0.2, 0.25) is 5.88 Å². The zero-order chi connectivity index (χ0) is 13.3. The summed E-state index contributed by atoms with van der Waals surface area (Å²) in [4.78, 5) is 0.116. The number of nitrogens with zero attached hydrogens (tertiary/aromatic N) is 1. The summed E-state index contributed by atoms with van der Waals surface area (Å²) in [6.45, 7) is 3.46. The van der Waals surface area contributed by atoms with Crippen molar-refractivity contribution >= 4 is 21.6 Å². The molecule has 2 aromatic rings. The molecule has 0 unspecified atom stereocenters. The van der Waals surface area contributed by atoms with E-state index in [1.807, 2.05) is 0 Å². The van der Waals surface area contributed by atoms with Gasteiger partial charge in [0.15, 0.2) is 0 Å². The maximum atomic E-state index is 12.0. The van der Waals surface area contributed by atoms with Gasteiger partial charge in [-0.25, -0.2) is 13.1 Å². The fourth-order valence-corrected chi connectivity index (χ4v) is 2.39. The smallest absolute Gasteiger partial charge is 0.264 e. The van der Waals surface area contributed by atoms with Gasteiger partial charge >= 0.3 is 0 Å². The standard InChI is InChI=1S/C11H13N3O3S.Ag/c1-7-8(2)13-17-11(7)14-18(15,16)10-5-3-9(12)4-6-10;/h3-6,14H,12H2,1-2H3;. The Kier molecular flexibility index (Phi) is 4.81. The Morgan fingerprint density at radius 2 is 1.79 bits per heavy atom. The van der Waals surface area contributed by atoms with Crippen LogP contribution in [0.15, 0.2) is 33.7 Å². The van der Waals surface area contributed by atoms with E-state index in [0.717, 1.165) is 0 Å². The summed E-state index contributed by atoms with van der Waals surface area (Å²) in [7, 11) is -3.68. The number of sulfonamides is 1. The fourth-order valence-electron chi connectivity index (χ4n) is 1.34. The van der Waals surface area contributed by atoms with Gasteiger partial charge in [0, 0.05) is 33.6 Å². The number of hydrogen-bond acceptors (Lipinski definition) is 5. The normalized spacial score (nSPS) is 10.8. The van der Waals surface area contributed by atoms with Crippen molar-refractivity contribution in [3.05, 3.63) is 35.5 Å². The summed E-state index contributed by atoms with van der Waals surface area (Å²) in [5.41, 5.74) is 7.31. The Hall–Kier alpha value is -1.28. The summed E-state index contributed by atoms with van der Waals surface area (Å²) in [6, 6.07) is 5.90. The molecule has 0 aliphatic heterocycles. The Labute approximate surface area is 126 Å².